The number of nitrogens with one attached hydrogen (secondary N) is 2. The van der Waals surface area contributed by atoms with Crippen LogP contribution >= 0.6 is 0 Å². The van der Waals surface area contributed by atoms with E-state index in [2.05, 4.69) is 22.5 Å². The van der Waals surface area contributed by atoms with Gasteiger partial charge < -0.3 is 15.5 Å². The molecule has 2 aromatic rings. The van der Waals surface area contributed by atoms with Crippen molar-refractivity contribution in [2.24, 2.45) is 11.3 Å². The number of rotatable bonds is 4. The van der Waals surface area contributed by atoms with E-state index in [0.717, 1.165) is 61.2 Å². The van der Waals surface area contributed by atoms with E-state index in [-0.39, 0.29) is 24.2 Å². The van der Waals surface area contributed by atoms with Crippen molar-refractivity contribution in [2.75, 3.05) is 24.5 Å². The minimum Gasteiger partial charge on any atom is -0.355 e. The van der Waals surface area contributed by atoms with Crippen molar-refractivity contribution in [3.63, 3.8) is 0 Å². The lowest BCUT2D eigenvalue weighted by atomic mass is 9.65. The van der Waals surface area contributed by atoms with Crippen molar-refractivity contribution in [2.45, 2.75) is 51.5 Å². The number of benzene rings is 2. The number of carbonyl (C=O) groups excluding carboxylic acids is 2. The van der Waals surface area contributed by atoms with Crippen molar-refractivity contribution < 1.29 is 9.59 Å². The molecule has 2 fully saturated rings. The van der Waals surface area contributed by atoms with Crippen LogP contribution in [0.2, 0.25) is 0 Å². The fourth-order valence-corrected chi connectivity index (χ4v) is 5.73. The second kappa shape index (κ2) is 10.0. The second-order valence-corrected chi connectivity index (χ2v) is 9.97. The van der Waals surface area contributed by atoms with Crippen LogP contribution in [-0.2, 0) is 16.1 Å². The summed E-state index contributed by atoms with van der Waals surface area (Å²) in [5.41, 5.74) is 4.13. The van der Waals surface area contributed by atoms with Gasteiger partial charge in [-0.3, -0.25) is 9.59 Å². The van der Waals surface area contributed by atoms with E-state index in [1.165, 1.54) is 12.8 Å². The van der Waals surface area contributed by atoms with Gasteiger partial charge in [-0.15, -0.1) is 0 Å². The average molecular weight is 456 g/mol. The molecule has 5 heteroatoms. The van der Waals surface area contributed by atoms with Crippen molar-refractivity contribution >= 4 is 17.5 Å². The maximum Gasteiger partial charge on any atom is 0.229 e. The Balaban J connectivity index is 1.19. The van der Waals surface area contributed by atoms with E-state index in [9.17, 15) is 9.59 Å². The van der Waals surface area contributed by atoms with E-state index in [1.54, 1.807) is 0 Å². The van der Waals surface area contributed by atoms with Gasteiger partial charge in [-0.2, -0.15) is 0 Å². The van der Waals surface area contributed by atoms with Gasteiger partial charge in [-0.25, -0.2) is 0 Å². The zero-order valence-electron chi connectivity index (χ0n) is 19.7. The Hall–Kier alpha value is -3.10. The smallest absolute Gasteiger partial charge is 0.229 e. The number of para-hydroxylation sites is 1. The van der Waals surface area contributed by atoms with Crippen LogP contribution < -0.4 is 15.5 Å². The molecular formula is C29H33N3O2. The van der Waals surface area contributed by atoms with Crippen LogP contribution in [0.25, 0.3) is 0 Å². The highest BCUT2D eigenvalue weighted by Crippen LogP contribution is 2.45. The van der Waals surface area contributed by atoms with E-state index in [4.69, 9.17) is 0 Å². The minimum absolute atomic E-state index is 0.00329. The van der Waals surface area contributed by atoms with Gasteiger partial charge >= 0.3 is 0 Å². The minimum atomic E-state index is 0.00329. The Morgan fingerprint density at radius 3 is 2.41 bits per heavy atom. The fraction of sp³-hybridized carbons (Fsp3) is 0.448. The first-order valence-corrected chi connectivity index (χ1v) is 12.6. The summed E-state index contributed by atoms with van der Waals surface area (Å²) in [4.78, 5) is 28.0. The van der Waals surface area contributed by atoms with Crippen molar-refractivity contribution in [1.82, 2.24) is 10.6 Å². The third-order valence-corrected chi connectivity index (χ3v) is 7.89. The molecule has 3 aliphatic rings. The molecule has 1 saturated carbocycles. The summed E-state index contributed by atoms with van der Waals surface area (Å²) in [5.74, 6) is 6.68. The first-order chi connectivity index (χ1) is 16.6. The van der Waals surface area contributed by atoms with Crippen molar-refractivity contribution in [3.8, 4) is 11.8 Å². The van der Waals surface area contributed by atoms with E-state index >= 15 is 0 Å². The molecule has 1 spiro atoms. The quantitative estimate of drug-likeness (QED) is 0.685. The zero-order valence-corrected chi connectivity index (χ0v) is 19.7. The van der Waals surface area contributed by atoms with E-state index in [0.29, 0.717) is 18.5 Å². The van der Waals surface area contributed by atoms with Crippen molar-refractivity contribution in [3.05, 3.63) is 65.2 Å². The molecule has 2 N–H and O–H groups in total. The maximum atomic E-state index is 13.3. The highest BCUT2D eigenvalue weighted by Gasteiger charge is 2.38. The normalized spacial score (nSPS) is 19.1. The molecule has 0 bridgehead atoms. The highest BCUT2D eigenvalue weighted by molar-refractivity contribution is 5.95. The predicted octanol–water partition coefficient (Wildman–Crippen LogP) is 4.00. The topological polar surface area (TPSA) is 61.4 Å². The number of nitrogens with zero attached hydrogens (tertiary/aromatic N) is 1. The third-order valence-electron chi connectivity index (χ3n) is 7.89. The summed E-state index contributed by atoms with van der Waals surface area (Å²) < 4.78 is 0. The number of fused-ring (bicyclic) bond motifs is 2. The lowest BCUT2D eigenvalue weighted by Crippen LogP contribution is -2.42. The van der Waals surface area contributed by atoms with Crippen LogP contribution in [0.5, 0.6) is 0 Å². The molecule has 0 atom stereocenters. The molecule has 176 valence electrons. The number of carbonyl (C=O) groups is 2. The second-order valence-electron chi connectivity index (χ2n) is 9.97. The van der Waals surface area contributed by atoms with Gasteiger partial charge in [0.25, 0.3) is 0 Å². The molecule has 2 aliphatic heterocycles. The molecule has 2 aromatic carbocycles. The first kappa shape index (κ1) is 22.7. The fourth-order valence-electron chi connectivity index (χ4n) is 5.73. The van der Waals surface area contributed by atoms with E-state index in [1.807, 2.05) is 53.4 Å². The van der Waals surface area contributed by atoms with E-state index < -0.39 is 0 Å². The predicted molar refractivity (Wildman–Crippen MR) is 134 cm³/mol. The van der Waals surface area contributed by atoms with Crippen LogP contribution in [0, 0.1) is 23.2 Å². The Bertz CT molecular complexity index is 1110. The first-order valence-electron chi connectivity index (χ1n) is 12.6. The number of amides is 2. The molecule has 0 unspecified atom stereocenters. The Labute approximate surface area is 202 Å². The number of anilines is 1. The summed E-state index contributed by atoms with van der Waals surface area (Å²) in [6.07, 6.45) is 6.98. The summed E-state index contributed by atoms with van der Waals surface area (Å²) in [6.45, 7) is 3.06. The largest absolute Gasteiger partial charge is 0.355 e. The van der Waals surface area contributed by atoms with Gasteiger partial charge in [-0.05, 0) is 80.8 Å². The molecule has 0 radical (unpaired) electrons. The molecular weight excluding hydrogens is 422 g/mol. The van der Waals surface area contributed by atoms with Crippen LogP contribution in [0.1, 0.15) is 61.6 Å². The molecule has 0 aromatic heterocycles. The number of hydrogen-bond donors (Lipinski definition) is 2. The van der Waals surface area contributed by atoms with Crippen molar-refractivity contribution in [1.29, 1.82) is 0 Å². The lowest BCUT2D eigenvalue weighted by Gasteiger charge is -2.42. The SMILES string of the molecule is O=C(NCCC(=O)N1Cc2ccccc2C#Cc2ccccc21)C1CCC2(CCNCC2)CC1. The highest BCUT2D eigenvalue weighted by atomic mass is 16.2. The Morgan fingerprint density at radius 2 is 1.62 bits per heavy atom. The molecule has 2 heterocycles. The van der Waals surface area contributed by atoms with Crippen LogP contribution in [0.15, 0.2) is 48.5 Å². The Morgan fingerprint density at radius 1 is 0.941 bits per heavy atom. The molecule has 5 nitrogen and oxygen atoms in total. The monoisotopic (exact) mass is 455 g/mol. The third kappa shape index (κ3) is 4.88. The van der Waals surface area contributed by atoms with Gasteiger partial charge in [0, 0.05) is 30.0 Å². The summed E-state index contributed by atoms with van der Waals surface area (Å²) >= 11 is 0. The van der Waals surface area contributed by atoms with Crippen LogP contribution in [0.3, 0.4) is 0 Å². The maximum absolute atomic E-state index is 13.3. The summed E-state index contributed by atoms with van der Waals surface area (Å²) in [7, 11) is 0. The van der Waals surface area contributed by atoms with Crippen LogP contribution in [-0.4, -0.2) is 31.4 Å². The molecule has 1 aliphatic carbocycles. The van der Waals surface area contributed by atoms with Gasteiger partial charge in [0.2, 0.25) is 11.8 Å². The summed E-state index contributed by atoms with van der Waals surface area (Å²) in [6, 6.07) is 15.8. The zero-order chi connectivity index (χ0) is 23.4. The van der Waals surface area contributed by atoms with Gasteiger partial charge in [-0.1, -0.05) is 42.2 Å². The van der Waals surface area contributed by atoms with Gasteiger partial charge in [0.1, 0.15) is 0 Å². The standard InChI is InChI=1S/C29H33N3O2/c33-27(13-18-31-28(34)24-11-14-29(15-12-24)16-19-30-20-17-29)32-21-25-7-2-1-5-22(25)9-10-23-6-3-4-8-26(23)32/h1-8,24,30H,11-21H2,(H,31,34). The Kier molecular flexibility index (Phi) is 6.69. The van der Waals surface area contributed by atoms with Crippen LogP contribution in [0.4, 0.5) is 5.69 Å². The molecule has 1 saturated heterocycles. The van der Waals surface area contributed by atoms with Gasteiger partial charge in [0.05, 0.1) is 12.2 Å². The summed E-state index contributed by atoms with van der Waals surface area (Å²) in [5, 5.41) is 6.51. The van der Waals surface area contributed by atoms with Gasteiger partial charge in [0.15, 0.2) is 0 Å². The lowest BCUT2D eigenvalue weighted by molar-refractivity contribution is -0.127. The number of piperidine rings is 1. The number of hydrogen-bond acceptors (Lipinski definition) is 3. The molecule has 5 rings (SSSR count). The average Bonchev–Trinajstić information content (AvgIpc) is 2.86. The molecule has 2 amide bonds. The molecule has 34 heavy (non-hydrogen) atoms.